The van der Waals surface area contributed by atoms with E-state index in [-0.39, 0.29) is 0 Å². The highest BCUT2D eigenvalue weighted by molar-refractivity contribution is 7.89. The van der Waals surface area contributed by atoms with Crippen molar-refractivity contribution in [2.24, 2.45) is 5.14 Å². The van der Waals surface area contributed by atoms with E-state index in [4.69, 9.17) is 5.14 Å². The number of hydrogen-bond acceptors (Lipinski definition) is 4. The summed E-state index contributed by atoms with van der Waals surface area (Å²) in [4.78, 5) is 3.57. The zero-order chi connectivity index (χ0) is 15.7. The number of pyridine rings is 1. The van der Waals surface area contributed by atoms with Gasteiger partial charge in [-0.15, -0.1) is 0 Å². The standard InChI is InChI=1S/C15H11FN2O2S2/c16-14-6-10(3-4-15(14)22(17,19)20)12-8-21-9-13(12)11-2-1-5-18-7-11/h1-9H,(H2,17,19,20). The van der Waals surface area contributed by atoms with Crippen LogP contribution < -0.4 is 5.14 Å². The summed E-state index contributed by atoms with van der Waals surface area (Å²) in [5, 5.41) is 8.80. The highest BCUT2D eigenvalue weighted by atomic mass is 32.2. The van der Waals surface area contributed by atoms with Gasteiger partial charge in [0.1, 0.15) is 10.7 Å². The molecule has 0 unspecified atom stereocenters. The lowest BCUT2D eigenvalue weighted by Gasteiger charge is -2.07. The molecule has 0 fully saturated rings. The van der Waals surface area contributed by atoms with Crippen LogP contribution in [0.5, 0.6) is 0 Å². The molecule has 2 N–H and O–H groups in total. The first kappa shape index (κ1) is 14.8. The molecule has 3 aromatic rings. The number of sulfonamides is 1. The number of aromatic nitrogens is 1. The molecule has 0 aliphatic heterocycles. The Hall–Kier alpha value is -2.09. The van der Waals surface area contributed by atoms with Crippen LogP contribution in [0.1, 0.15) is 0 Å². The van der Waals surface area contributed by atoms with E-state index in [0.717, 1.165) is 16.7 Å². The highest BCUT2D eigenvalue weighted by Crippen LogP contribution is 2.35. The van der Waals surface area contributed by atoms with Crippen LogP contribution in [-0.4, -0.2) is 13.4 Å². The number of thiophene rings is 1. The van der Waals surface area contributed by atoms with E-state index in [1.54, 1.807) is 18.5 Å². The monoisotopic (exact) mass is 334 g/mol. The van der Waals surface area contributed by atoms with Crippen molar-refractivity contribution in [3.63, 3.8) is 0 Å². The molecule has 22 heavy (non-hydrogen) atoms. The van der Waals surface area contributed by atoms with Crippen LogP contribution in [0, 0.1) is 5.82 Å². The maximum Gasteiger partial charge on any atom is 0.240 e. The van der Waals surface area contributed by atoms with Crippen molar-refractivity contribution in [2.45, 2.75) is 4.90 Å². The summed E-state index contributed by atoms with van der Waals surface area (Å²) in [6.07, 6.45) is 3.40. The summed E-state index contributed by atoms with van der Waals surface area (Å²) in [5.74, 6) is -0.858. The topological polar surface area (TPSA) is 73.1 Å². The van der Waals surface area contributed by atoms with Gasteiger partial charge in [-0.25, -0.2) is 17.9 Å². The van der Waals surface area contributed by atoms with Gasteiger partial charge in [0.05, 0.1) is 0 Å². The van der Waals surface area contributed by atoms with Crippen molar-refractivity contribution in [1.82, 2.24) is 4.98 Å². The summed E-state index contributed by atoms with van der Waals surface area (Å²) in [5.41, 5.74) is 3.23. The largest absolute Gasteiger partial charge is 0.264 e. The molecule has 2 aromatic heterocycles. The summed E-state index contributed by atoms with van der Waals surface area (Å²) in [6, 6.07) is 7.65. The minimum Gasteiger partial charge on any atom is -0.264 e. The van der Waals surface area contributed by atoms with Gasteiger partial charge in [0.25, 0.3) is 0 Å². The lowest BCUT2D eigenvalue weighted by atomic mass is 10.0. The third kappa shape index (κ3) is 2.78. The van der Waals surface area contributed by atoms with E-state index in [2.05, 4.69) is 4.98 Å². The SMILES string of the molecule is NS(=O)(=O)c1ccc(-c2cscc2-c2cccnc2)cc1F. The number of benzene rings is 1. The predicted octanol–water partition coefficient (Wildman–Crippen LogP) is 3.26. The minimum atomic E-state index is -4.06. The van der Waals surface area contributed by atoms with E-state index in [1.807, 2.05) is 22.9 Å². The number of nitrogens with two attached hydrogens (primary N) is 1. The summed E-state index contributed by atoms with van der Waals surface area (Å²) in [6.45, 7) is 0. The van der Waals surface area contributed by atoms with Gasteiger partial charge in [0, 0.05) is 29.1 Å². The zero-order valence-electron chi connectivity index (χ0n) is 11.2. The molecule has 0 aliphatic carbocycles. The van der Waals surface area contributed by atoms with Crippen molar-refractivity contribution in [3.05, 3.63) is 59.3 Å². The molecule has 0 amide bonds. The Morgan fingerprint density at radius 1 is 1.09 bits per heavy atom. The first-order valence-electron chi connectivity index (χ1n) is 6.26. The average molecular weight is 334 g/mol. The fourth-order valence-corrected chi connectivity index (χ4v) is 3.62. The second-order valence-electron chi connectivity index (χ2n) is 4.63. The lowest BCUT2D eigenvalue weighted by Crippen LogP contribution is -2.13. The third-order valence-electron chi connectivity index (χ3n) is 3.18. The number of hydrogen-bond donors (Lipinski definition) is 1. The first-order valence-corrected chi connectivity index (χ1v) is 8.75. The number of primary sulfonamides is 1. The van der Waals surface area contributed by atoms with Crippen LogP contribution >= 0.6 is 11.3 Å². The third-order valence-corrected chi connectivity index (χ3v) is 4.87. The quantitative estimate of drug-likeness (QED) is 0.799. The molecule has 1 aromatic carbocycles. The molecule has 0 saturated heterocycles. The number of nitrogens with zero attached hydrogens (tertiary/aromatic N) is 1. The van der Waals surface area contributed by atoms with Gasteiger partial charge in [0.15, 0.2) is 0 Å². The average Bonchev–Trinajstić information content (AvgIpc) is 2.96. The Labute approximate surface area is 131 Å². The smallest absolute Gasteiger partial charge is 0.240 e. The zero-order valence-corrected chi connectivity index (χ0v) is 12.9. The molecule has 7 heteroatoms. The fraction of sp³-hybridized carbons (Fsp3) is 0. The predicted molar refractivity (Wildman–Crippen MR) is 84.3 cm³/mol. The Morgan fingerprint density at radius 2 is 1.82 bits per heavy atom. The minimum absolute atomic E-state index is 0.505. The maximum absolute atomic E-state index is 14.0. The normalized spacial score (nSPS) is 11.5. The van der Waals surface area contributed by atoms with E-state index < -0.39 is 20.7 Å². The van der Waals surface area contributed by atoms with Gasteiger partial charge in [0.2, 0.25) is 10.0 Å². The number of rotatable bonds is 3. The van der Waals surface area contributed by atoms with Gasteiger partial charge >= 0.3 is 0 Å². The summed E-state index contributed by atoms with van der Waals surface area (Å²) >= 11 is 1.48. The van der Waals surface area contributed by atoms with Crippen molar-refractivity contribution < 1.29 is 12.8 Å². The molecule has 4 nitrogen and oxygen atoms in total. The highest BCUT2D eigenvalue weighted by Gasteiger charge is 2.16. The van der Waals surface area contributed by atoms with Gasteiger partial charge in [-0.05, 0) is 34.5 Å². The van der Waals surface area contributed by atoms with Gasteiger partial charge in [-0.3, -0.25) is 4.98 Å². The van der Waals surface area contributed by atoms with Crippen LogP contribution in [0.2, 0.25) is 0 Å². The number of halogens is 1. The molecule has 0 radical (unpaired) electrons. The van der Waals surface area contributed by atoms with Gasteiger partial charge in [-0.2, -0.15) is 11.3 Å². The second kappa shape index (κ2) is 5.60. The second-order valence-corrected chi connectivity index (χ2v) is 6.90. The molecular formula is C15H11FN2O2S2. The van der Waals surface area contributed by atoms with E-state index in [9.17, 15) is 12.8 Å². The molecule has 0 spiro atoms. The van der Waals surface area contributed by atoms with Crippen molar-refractivity contribution in [3.8, 4) is 22.3 Å². The van der Waals surface area contributed by atoms with Gasteiger partial charge < -0.3 is 0 Å². The first-order chi connectivity index (χ1) is 10.5. The molecule has 0 aliphatic rings. The molecule has 112 valence electrons. The Bertz CT molecular complexity index is 922. The van der Waals surface area contributed by atoms with E-state index in [1.165, 1.54) is 23.5 Å². The molecule has 0 atom stereocenters. The van der Waals surface area contributed by atoms with Crippen molar-refractivity contribution in [2.75, 3.05) is 0 Å². The van der Waals surface area contributed by atoms with Crippen LogP contribution in [0.15, 0.2) is 58.4 Å². The van der Waals surface area contributed by atoms with E-state index in [0.29, 0.717) is 5.56 Å². The van der Waals surface area contributed by atoms with Gasteiger partial charge in [-0.1, -0.05) is 12.1 Å². The molecule has 0 bridgehead atoms. The van der Waals surface area contributed by atoms with Crippen molar-refractivity contribution >= 4 is 21.4 Å². The molecule has 2 heterocycles. The Morgan fingerprint density at radius 3 is 2.41 bits per heavy atom. The maximum atomic E-state index is 14.0. The Balaban J connectivity index is 2.11. The molecule has 0 saturated carbocycles. The lowest BCUT2D eigenvalue weighted by molar-refractivity contribution is 0.568. The van der Waals surface area contributed by atoms with Crippen LogP contribution in [0.4, 0.5) is 4.39 Å². The van der Waals surface area contributed by atoms with E-state index >= 15 is 0 Å². The van der Waals surface area contributed by atoms with Crippen LogP contribution in [0.3, 0.4) is 0 Å². The Kier molecular flexibility index (Phi) is 3.78. The molecule has 3 rings (SSSR count). The fourth-order valence-electron chi connectivity index (χ4n) is 2.17. The van der Waals surface area contributed by atoms with Crippen molar-refractivity contribution in [1.29, 1.82) is 0 Å². The summed E-state index contributed by atoms with van der Waals surface area (Å²) < 4.78 is 36.5. The summed E-state index contributed by atoms with van der Waals surface area (Å²) in [7, 11) is -4.06. The van der Waals surface area contributed by atoms with Crippen LogP contribution in [0.25, 0.3) is 22.3 Å². The molecular weight excluding hydrogens is 323 g/mol. The van der Waals surface area contributed by atoms with Crippen LogP contribution in [-0.2, 0) is 10.0 Å².